The van der Waals surface area contributed by atoms with Gasteiger partial charge in [-0.25, -0.2) is 0 Å². The van der Waals surface area contributed by atoms with Crippen molar-refractivity contribution in [3.63, 3.8) is 0 Å². The van der Waals surface area contributed by atoms with E-state index in [0.29, 0.717) is 5.92 Å². The highest BCUT2D eigenvalue weighted by Gasteiger charge is 2.30. The topological polar surface area (TPSA) is 38.3 Å². The largest absolute Gasteiger partial charge is 0.493 e. The van der Waals surface area contributed by atoms with Gasteiger partial charge in [0.1, 0.15) is 5.75 Å². The zero-order valence-corrected chi connectivity index (χ0v) is 14.3. The van der Waals surface area contributed by atoms with Crippen molar-refractivity contribution >= 4 is 11.6 Å². The lowest BCUT2D eigenvalue weighted by Crippen LogP contribution is -2.10. The van der Waals surface area contributed by atoms with Gasteiger partial charge in [0.05, 0.1) is 6.61 Å². The molecule has 24 heavy (non-hydrogen) atoms. The van der Waals surface area contributed by atoms with Crippen LogP contribution in [0.25, 0.3) is 11.1 Å². The molecule has 1 fully saturated rings. The predicted molar refractivity (Wildman–Crippen MR) is 96.7 cm³/mol. The zero-order chi connectivity index (χ0) is 16.7. The van der Waals surface area contributed by atoms with E-state index in [4.69, 9.17) is 4.74 Å². The van der Waals surface area contributed by atoms with Crippen LogP contribution in [0.1, 0.15) is 48.8 Å². The minimum Gasteiger partial charge on any atom is -0.493 e. The highest BCUT2D eigenvalue weighted by molar-refractivity contribution is 5.92. The van der Waals surface area contributed by atoms with Gasteiger partial charge in [-0.15, -0.1) is 0 Å². The molecule has 0 aromatic heterocycles. The van der Waals surface area contributed by atoms with Gasteiger partial charge in [-0.05, 0) is 84.5 Å². The van der Waals surface area contributed by atoms with Crippen molar-refractivity contribution in [1.29, 1.82) is 0 Å². The first-order chi connectivity index (χ1) is 11.6. The lowest BCUT2D eigenvalue weighted by Gasteiger charge is -2.20. The number of carbonyl (C=O) groups excluding carboxylic acids is 1. The number of ether oxygens (including phenoxy) is 1. The van der Waals surface area contributed by atoms with Gasteiger partial charge >= 0.3 is 0 Å². The number of benzene rings is 2. The van der Waals surface area contributed by atoms with Crippen LogP contribution in [-0.2, 0) is 11.2 Å². The lowest BCUT2D eigenvalue weighted by molar-refractivity contribution is -0.114. The Bertz CT molecular complexity index is 806. The average Bonchev–Trinajstić information content (AvgIpc) is 3.38. The van der Waals surface area contributed by atoms with Gasteiger partial charge < -0.3 is 10.1 Å². The summed E-state index contributed by atoms with van der Waals surface area (Å²) in [5.74, 6) is 1.58. The summed E-state index contributed by atoms with van der Waals surface area (Å²) >= 11 is 0. The van der Waals surface area contributed by atoms with Crippen LogP contribution in [-0.4, -0.2) is 12.5 Å². The Morgan fingerprint density at radius 1 is 1.21 bits per heavy atom. The molecular weight excluding hydrogens is 298 g/mol. The number of aryl methyl sites for hydroxylation is 2. The van der Waals surface area contributed by atoms with Crippen molar-refractivity contribution in [2.24, 2.45) is 0 Å². The molecule has 0 saturated heterocycles. The average molecular weight is 321 g/mol. The normalized spacial score (nSPS) is 16.2. The molecule has 1 N–H and O–H groups in total. The van der Waals surface area contributed by atoms with Crippen molar-refractivity contribution in [2.75, 3.05) is 11.9 Å². The minimum atomic E-state index is -0.00714. The van der Waals surface area contributed by atoms with Gasteiger partial charge in [0.15, 0.2) is 0 Å². The lowest BCUT2D eigenvalue weighted by atomic mass is 9.91. The van der Waals surface area contributed by atoms with E-state index < -0.39 is 0 Å². The molecule has 0 bridgehead atoms. The van der Waals surface area contributed by atoms with E-state index in [1.165, 1.54) is 40.7 Å². The number of hydrogen-bond acceptors (Lipinski definition) is 2. The summed E-state index contributed by atoms with van der Waals surface area (Å²) in [6.07, 6.45) is 4.57. The van der Waals surface area contributed by atoms with Gasteiger partial charge in [0, 0.05) is 12.6 Å². The molecule has 1 heterocycles. The molecule has 0 radical (unpaired) electrons. The highest BCUT2D eigenvalue weighted by atomic mass is 16.5. The zero-order valence-electron chi connectivity index (χ0n) is 14.3. The summed E-state index contributed by atoms with van der Waals surface area (Å²) in [5.41, 5.74) is 7.24. The van der Waals surface area contributed by atoms with E-state index in [2.05, 4.69) is 42.6 Å². The monoisotopic (exact) mass is 321 g/mol. The second kappa shape index (κ2) is 5.97. The number of fused-ring (bicyclic) bond motifs is 1. The van der Waals surface area contributed by atoms with Crippen molar-refractivity contribution in [1.82, 2.24) is 0 Å². The van der Waals surface area contributed by atoms with Crippen LogP contribution in [0.3, 0.4) is 0 Å². The third kappa shape index (κ3) is 2.91. The number of amides is 1. The van der Waals surface area contributed by atoms with Crippen LogP contribution in [0.2, 0.25) is 0 Å². The van der Waals surface area contributed by atoms with E-state index in [9.17, 15) is 4.79 Å². The van der Waals surface area contributed by atoms with Crippen molar-refractivity contribution in [3.8, 4) is 16.9 Å². The number of rotatable bonds is 3. The maximum atomic E-state index is 11.6. The van der Waals surface area contributed by atoms with Gasteiger partial charge in [-0.1, -0.05) is 12.1 Å². The fraction of sp³-hybridized carbons (Fsp3) is 0.381. The molecule has 0 spiro atoms. The summed E-state index contributed by atoms with van der Waals surface area (Å²) in [4.78, 5) is 11.6. The smallest absolute Gasteiger partial charge is 0.221 e. The van der Waals surface area contributed by atoms with E-state index in [-0.39, 0.29) is 5.91 Å². The summed E-state index contributed by atoms with van der Waals surface area (Å²) in [5, 5.41) is 3.04. The Balaban J connectivity index is 1.85. The summed E-state index contributed by atoms with van der Waals surface area (Å²) in [6.45, 7) is 4.48. The van der Waals surface area contributed by atoms with Gasteiger partial charge in [-0.2, -0.15) is 0 Å². The van der Waals surface area contributed by atoms with Crippen molar-refractivity contribution < 1.29 is 9.53 Å². The van der Waals surface area contributed by atoms with E-state index in [1.807, 2.05) is 0 Å². The van der Waals surface area contributed by atoms with Crippen LogP contribution >= 0.6 is 0 Å². The molecule has 2 aromatic carbocycles. The molecule has 3 nitrogen and oxygen atoms in total. The molecule has 2 aromatic rings. The molecule has 124 valence electrons. The van der Waals surface area contributed by atoms with Gasteiger partial charge in [0.2, 0.25) is 5.91 Å². The fourth-order valence-electron chi connectivity index (χ4n) is 3.67. The fourth-order valence-corrected chi connectivity index (χ4v) is 3.67. The quantitative estimate of drug-likeness (QED) is 0.880. The maximum absolute atomic E-state index is 11.6. The maximum Gasteiger partial charge on any atom is 0.221 e. The Labute approximate surface area is 143 Å². The molecule has 0 unspecified atom stereocenters. The van der Waals surface area contributed by atoms with Crippen LogP contribution in [0, 0.1) is 6.92 Å². The van der Waals surface area contributed by atoms with Crippen LogP contribution in [0.15, 0.2) is 30.3 Å². The molecule has 3 heteroatoms. The Morgan fingerprint density at radius 3 is 2.79 bits per heavy atom. The van der Waals surface area contributed by atoms with Gasteiger partial charge in [0.25, 0.3) is 0 Å². The molecule has 1 aliphatic heterocycles. The summed E-state index contributed by atoms with van der Waals surface area (Å²) < 4.78 is 5.75. The third-order valence-corrected chi connectivity index (χ3v) is 4.84. The predicted octanol–water partition coefficient (Wildman–Crippen LogP) is 4.82. The molecule has 0 atom stereocenters. The van der Waals surface area contributed by atoms with E-state index in [1.54, 1.807) is 6.92 Å². The first-order valence-electron chi connectivity index (χ1n) is 8.80. The number of carbonyl (C=O) groups is 1. The van der Waals surface area contributed by atoms with Crippen molar-refractivity contribution in [2.45, 2.75) is 45.4 Å². The van der Waals surface area contributed by atoms with E-state index in [0.717, 1.165) is 30.9 Å². The van der Waals surface area contributed by atoms with E-state index >= 15 is 0 Å². The first kappa shape index (κ1) is 15.3. The Morgan fingerprint density at radius 2 is 2.04 bits per heavy atom. The van der Waals surface area contributed by atoms with Gasteiger partial charge in [-0.3, -0.25) is 4.79 Å². The molecule has 1 aliphatic carbocycles. The highest BCUT2D eigenvalue weighted by Crippen LogP contribution is 2.48. The second-order valence-corrected chi connectivity index (χ2v) is 7.00. The molecule has 1 saturated carbocycles. The van der Waals surface area contributed by atoms with Crippen LogP contribution in [0.4, 0.5) is 5.69 Å². The number of anilines is 1. The number of hydrogen-bond donors (Lipinski definition) is 1. The molecule has 2 aliphatic rings. The number of nitrogens with one attached hydrogen (secondary N) is 1. The standard InChI is InChI=1S/C21H23NO2/c1-13-10-18(16-7-8-20-17(12-16)4-3-9-24-20)21(15-5-6-15)19(11-13)22-14(2)23/h7-8,10-12,15H,3-6,9H2,1-2H3,(H,22,23). The Kier molecular flexibility index (Phi) is 3.79. The van der Waals surface area contributed by atoms with Crippen molar-refractivity contribution in [3.05, 3.63) is 47.0 Å². The molecule has 4 rings (SSSR count). The Hall–Kier alpha value is -2.29. The third-order valence-electron chi connectivity index (χ3n) is 4.84. The summed E-state index contributed by atoms with van der Waals surface area (Å²) in [6, 6.07) is 10.9. The van der Waals surface area contributed by atoms with Crippen LogP contribution in [0.5, 0.6) is 5.75 Å². The SMILES string of the molecule is CC(=O)Nc1cc(C)cc(-c2ccc3c(c2)CCCO3)c1C1CC1. The minimum absolute atomic E-state index is 0.00714. The van der Waals surface area contributed by atoms with Crippen LogP contribution < -0.4 is 10.1 Å². The molecular formula is C21H23NO2. The first-order valence-corrected chi connectivity index (χ1v) is 8.80. The second-order valence-electron chi connectivity index (χ2n) is 7.00. The molecule has 1 amide bonds. The summed E-state index contributed by atoms with van der Waals surface area (Å²) in [7, 11) is 0.